The van der Waals surface area contributed by atoms with Crippen LogP contribution in [0.25, 0.3) is 11.1 Å². The Morgan fingerprint density at radius 2 is 1.77 bits per heavy atom. The zero-order valence-electron chi connectivity index (χ0n) is 15.5. The molecule has 0 spiro atoms. The molecule has 140 valence electrons. The van der Waals surface area contributed by atoms with E-state index in [2.05, 4.69) is 11.8 Å². The molecular formula is C21H28N2O3. The molecule has 0 atom stereocenters. The van der Waals surface area contributed by atoms with E-state index in [1.807, 2.05) is 18.2 Å². The number of hydrogen-bond acceptors (Lipinski definition) is 3. The van der Waals surface area contributed by atoms with E-state index in [9.17, 15) is 9.59 Å². The predicted octanol–water partition coefficient (Wildman–Crippen LogP) is 3.94. The van der Waals surface area contributed by atoms with Gasteiger partial charge in [0.15, 0.2) is 5.58 Å². The lowest BCUT2D eigenvalue weighted by atomic mass is 9.86. The summed E-state index contributed by atoms with van der Waals surface area (Å²) in [5.74, 6) is 0.732. The summed E-state index contributed by atoms with van der Waals surface area (Å²) in [6, 6.07) is 8.36. The van der Waals surface area contributed by atoms with Crippen LogP contribution in [0, 0.1) is 5.92 Å². The van der Waals surface area contributed by atoms with Gasteiger partial charge < -0.3 is 9.32 Å². The minimum absolute atomic E-state index is 0.271. The Bertz CT molecular complexity index is 825. The minimum Gasteiger partial charge on any atom is -0.408 e. The van der Waals surface area contributed by atoms with Crippen LogP contribution in [0.5, 0.6) is 0 Å². The number of fused-ring (bicyclic) bond motifs is 1. The van der Waals surface area contributed by atoms with Crippen LogP contribution in [0.3, 0.4) is 0 Å². The molecule has 2 aromatic rings. The van der Waals surface area contributed by atoms with E-state index in [1.54, 1.807) is 10.6 Å². The third kappa shape index (κ3) is 3.57. The van der Waals surface area contributed by atoms with Gasteiger partial charge in [-0.1, -0.05) is 19.1 Å². The summed E-state index contributed by atoms with van der Waals surface area (Å²) >= 11 is 0. The van der Waals surface area contributed by atoms with Gasteiger partial charge in [0.2, 0.25) is 5.91 Å². The number of aromatic nitrogens is 1. The molecule has 0 N–H and O–H groups in total. The standard InChI is InChI=1S/C21H28N2O3/c1-15-8-10-16(11-9-15)23(17-12-13-17)20(24)7-4-14-22-18-5-2-3-6-19(18)26-21(22)25/h2-3,5-6,15-17H,4,7-14H2,1H3. The Kier molecular flexibility index (Phi) is 4.88. The molecule has 2 aliphatic carbocycles. The van der Waals surface area contributed by atoms with Crippen molar-refractivity contribution in [1.82, 2.24) is 9.47 Å². The Morgan fingerprint density at radius 1 is 1.12 bits per heavy atom. The molecule has 5 heteroatoms. The second-order valence-corrected chi connectivity index (χ2v) is 8.04. The summed E-state index contributed by atoms with van der Waals surface area (Å²) in [6.45, 7) is 2.84. The molecule has 1 aromatic carbocycles. The first-order chi connectivity index (χ1) is 12.6. The van der Waals surface area contributed by atoms with Gasteiger partial charge >= 0.3 is 5.76 Å². The number of nitrogens with zero attached hydrogens (tertiary/aromatic N) is 2. The monoisotopic (exact) mass is 356 g/mol. The SMILES string of the molecule is CC1CCC(N(C(=O)CCCn2c(=O)oc3ccccc32)C2CC2)CC1. The van der Waals surface area contributed by atoms with Crippen molar-refractivity contribution in [2.75, 3.05) is 0 Å². The first-order valence-electron chi connectivity index (χ1n) is 10.0. The number of amides is 1. The summed E-state index contributed by atoms with van der Waals surface area (Å²) in [4.78, 5) is 27.1. The number of oxazole rings is 1. The highest BCUT2D eigenvalue weighted by molar-refractivity contribution is 5.77. The van der Waals surface area contributed by atoms with Crippen molar-refractivity contribution in [2.45, 2.75) is 76.9 Å². The number of benzene rings is 1. The molecule has 0 aliphatic heterocycles. The maximum atomic E-state index is 12.9. The average molecular weight is 356 g/mol. The Balaban J connectivity index is 1.38. The van der Waals surface area contributed by atoms with Crippen molar-refractivity contribution >= 4 is 17.0 Å². The van der Waals surface area contributed by atoms with Crippen LogP contribution in [0.2, 0.25) is 0 Å². The maximum Gasteiger partial charge on any atom is 0.419 e. The minimum atomic E-state index is -0.334. The zero-order valence-corrected chi connectivity index (χ0v) is 15.5. The molecule has 26 heavy (non-hydrogen) atoms. The van der Waals surface area contributed by atoms with E-state index in [-0.39, 0.29) is 11.7 Å². The predicted molar refractivity (Wildman–Crippen MR) is 101 cm³/mol. The smallest absolute Gasteiger partial charge is 0.408 e. The van der Waals surface area contributed by atoms with Crippen molar-refractivity contribution < 1.29 is 9.21 Å². The normalized spacial score (nSPS) is 23.3. The Hall–Kier alpha value is -2.04. The average Bonchev–Trinajstić information content (AvgIpc) is 3.41. The van der Waals surface area contributed by atoms with Crippen LogP contribution in [-0.4, -0.2) is 27.5 Å². The van der Waals surface area contributed by atoms with Gasteiger partial charge in [0.25, 0.3) is 0 Å². The number of aryl methyl sites for hydroxylation is 1. The number of rotatable bonds is 6. The van der Waals surface area contributed by atoms with E-state index in [0.717, 1.165) is 37.1 Å². The molecule has 0 bridgehead atoms. The lowest BCUT2D eigenvalue weighted by molar-refractivity contribution is -0.135. The molecule has 1 aromatic heterocycles. The molecule has 0 radical (unpaired) electrons. The summed E-state index contributed by atoms with van der Waals surface area (Å²) < 4.78 is 6.91. The van der Waals surface area contributed by atoms with Gasteiger partial charge in [0, 0.05) is 25.0 Å². The van der Waals surface area contributed by atoms with Gasteiger partial charge in [-0.15, -0.1) is 0 Å². The van der Waals surface area contributed by atoms with Crippen LogP contribution in [0.4, 0.5) is 0 Å². The highest BCUT2D eigenvalue weighted by atomic mass is 16.4. The first-order valence-corrected chi connectivity index (χ1v) is 10.0. The van der Waals surface area contributed by atoms with Crippen LogP contribution in [-0.2, 0) is 11.3 Å². The third-order valence-electron chi connectivity index (χ3n) is 5.95. The molecular weight excluding hydrogens is 328 g/mol. The molecule has 2 fully saturated rings. The number of carbonyl (C=O) groups excluding carboxylic acids is 1. The highest BCUT2D eigenvalue weighted by Gasteiger charge is 2.37. The molecule has 5 nitrogen and oxygen atoms in total. The molecule has 1 amide bonds. The molecule has 2 aliphatic rings. The highest BCUT2D eigenvalue weighted by Crippen LogP contribution is 2.35. The van der Waals surface area contributed by atoms with Crippen molar-refractivity contribution in [3.8, 4) is 0 Å². The van der Waals surface area contributed by atoms with Crippen LogP contribution in [0.1, 0.15) is 58.3 Å². The Labute approximate surface area is 154 Å². The fourth-order valence-electron chi connectivity index (χ4n) is 4.32. The Morgan fingerprint density at radius 3 is 2.46 bits per heavy atom. The molecule has 2 saturated carbocycles. The van der Waals surface area contributed by atoms with Crippen molar-refractivity contribution in [1.29, 1.82) is 0 Å². The van der Waals surface area contributed by atoms with Gasteiger partial charge in [-0.25, -0.2) is 4.79 Å². The summed E-state index contributed by atoms with van der Waals surface area (Å²) in [5, 5.41) is 0. The zero-order chi connectivity index (χ0) is 18.1. The van der Waals surface area contributed by atoms with E-state index < -0.39 is 0 Å². The second kappa shape index (κ2) is 7.29. The second-order valence-electron chi connectivity index (χ2n) is 8.04. The van der Waals surface area contributed by atoms with Gasteiger partial charge in [0.1, 0.15) is 0 Å². The van der Waals surface area contributed by atoms with Crippen molar-refractivity contribution in [3.05, 3.63) is 34.8 Å². The number of hydrogen-bond donors (Lipinski definition) is 0. The largest absolute Gasteiger partial charge is 0.419 e. The van der Waals surface area contributed by atoms with Crippen molar-refractivity contribution in [2.24, 2.45) is 5.92 Å². The van der Waals surface area contributed by atoms with E-state index in [1.165, 1.54) is 12.8 Å². The van der Waals surface area contributed by atoms with Gasteiger partial charge in [0.05, 0.1) is 5.52 Å². The summed E-state index contributed by atoms with van der Waals surface area (Å²) in [7, 11) is 0. The van der Waals surface area contributed by atoms with E-state index >= 15 is 0 Å². The van der Waals surface area contributed by atoms with Crippen LogP contribution >= 0.6 is 0 Å². The quantitative estimate of drug-likeness (QED) is 0.788. The third-order valence-corrected chi connectivity index (χ3v) is 5.95. The lowest BCUT2D eigenvalue weighted by Gasteiger charge is -2.36. The maximum absolute atomic E-state index is 12.9. The van der Waals surface area contributed by atoms with Gasteiger partial charge in [-0.05, 0) is 63.0 Å². The van der Waals surface area contributed by atoms with Gasteiger partial charge in [-0.3, -0.25) is 9.36 Å². The summed E-state index contributed by atoms with van der Waals surface area (Å²) in [5.41, 5.74) is 1.42. The first kappa shape index (κ1) is 17.4. The van der Waals surface area contributed by atoms with Crippen LogP contribution in [0.15, 0.2) is 33.5 Å². The van der Waals surface area contributed by atoms with Gasteiger partial charge in [-0.2, -0.15) is 0 Å². The van der Waals surface area contributed by atoms with E-state index in [0.29, 0.717) is 37.1 Å². The molecule has 4 rings (SSSR count). The molecule has 1 heterocycles. The molecule has 0 unspecified atom stereocenters. The fourth-order valence-corrected chi connectivity index (χ4v) is 4.32. The topological polar surface area (TPSA) is 55.5 Å². The lowest BCUT2D eigenvalue weighted by Crippen LogP contribution is -2.43. The number of carbonyl (C=O) groups is 1. The van der Waals surface area contributed by atoms with E-state index in [4.69, 9.17) is 4.42 Å². The van der Waals surface area contributed by atoms with Crippen molar-refractivity contribution in [3.63, 3.8) is 0 Å². The molecule has 0 saturated heterocycles. The summed E-state index contributed by atoms with van der Waals surface area (Å²) in [6.07, 6.45) is 8.26. The number of para-hydroxylation sites is 2. The van der Waals surface area contributed by atoms with Crippen LogP contribution < -0.4 is 5.76 Å². The fraction of sp³-hybridized carbons (Fsp3) is 0.619.